The van der Waals surface area contributed by atoms with Crippen LogP contribution < -0.4 is 0 Å². The van der Waals surface area contributed by atoms with E-state index in [9.17, 15) is 14.7 Å². The highest BCUT2D eigenvalue weighted by Gasteiger charge is 2.82. The molecule has 6 aliphatic rings. The lowest BCUT2D eigenvalue weighted by atomic mass is 9.46. The lowest BCUT2D eigenvalue weighted by molar-refractivity contribution is -0.181. The molecule has 30 heavy (non-hydrogen) atoms. The van der Waals surface area contributed by atoms with Crippen molar-refractivity contribution in [2.24, 2.45) is 45.8 Å². The van der Waals surface area contributed by atoms with Crippen molar-refractivity contribution in [2.45, 2.75) is 71.8 Å². The van der Waals surface area contributed by atoms with Gasteiger partial charge in [-0.05, 0) is 49.5 Å². The number of aliphatic hydroxyl groups is 1. The van der Waals surface area contributed by atoms with Gasteiger partial charge < -0.3 is 9.84 Å². The minimum atomic E-state index is -0.358. The first-order valence-corrected chi connectivity index (χ1v) is 11.9. The van der Waals surface area contributed by atoms with Gasteiger partial charge in [-0.25, -0.2) is 0 Å². The third kappa shape index (κ3) is 1.94. The van der Waals surface area contributed by atoms with Crippen LogP contribution in [0.25, 0.3) is 0 Å². The second kappa shape index (κ2) is 5.49. The molecule has 1 heterocycles. The van der Waals surface area contributed by atoms with Gasteiger partial charge in [0, 0.05) is 41.1 Å². The molecule has 0 amide bonds. The van der Waals surface area contributed by atoms with Crippen molar-refractivity contribution >= 4 is 11.8 Å². The van der Waals surface area contributed by atoms with Crippen molar-refractivity contribution in [3.8, 4) is 0 Å². The highest BCUT2D eigenvalue weighted by molar-refractivity contribution is 5.92. The summed E-state index contributed by atoms with van der Waals surface area (Å²) in [5, 5.41) is 10.3. The molecule has 0 radical (unpaired) electrons. The average molecular weight is 411 g/mol. The van der Waals surface area contributed by atoms with Crippen molar-refractivity contribution in [3.05, 3.63) is 23.3 Å². The van der Waals surface area contributed by atoms with Gasteiger partial charge in [-0.3, -0.25) is 9.59 Å². The van der Waals surface area contributed by atoms with Gasteiger partial charge in [-0.15, -0.1) is 0 Å². The van der Waals surface area contributed by atoms with E-state index in [0.29, 0.717) is 36.5 Å². The van der Waals surface area contributed by atoms with E-state index in [2.05, 4.69) is 33.8 Å². The molecule has 3 saturated carbocycles. The molecule has 0 bridgehead atoms. The molecule has 162 valence electrons. The molecule has 1 spiro atoms. The lowest BCUT2D eigenvalue weighted by Gasteiger charge is -2.59. The standard InChI is InChI=1S/C26H34O4/c1-23(2)12-21(29)30-26(23)20-11-17(20)22-16-9-14(13-27)19-10-15(28)5-7-24(19,3)18(16)6-8-25(22,26)4/h6,10,14,16-17,20,22,27H,5,7-9,11-13H2,1-4H3/t14-,16?,17?,20-,22?,24+,25-,26+/m0/s1. The average Bonchev–Trinajstić information content (AvgIpc) is 3.35. The summed E-state index contributed by atoms with van der Waals surface area (Å²) in [7, 11) is 0. The van der Waals surface area contributed by atoms with Crippen LogP contribution in [-0.4, -0.2) is 29.1 Å². The fraction of sp³-hybridized carbons (Fsp3) is 0.769. The highest BCUT2D eigenvalue weighted by atomic mass is 16.6. The Morgan fingerprint density at radius 2 is 1.90 bits per heavy atom. The van der Waals surface area contributed by atoms with E-state index in [-0.39, 0.29) is 46.1 Å². The zero-order chi connectivity index (χ0) is 21.3. The van der Waals surface area contributed by atoms with Crippen LogP contribution in [0.3, 0.4) is 0 Å². The Balaban J connectivity index is 1.50. The van der Waals surface area contributed by atoms with Gasteiger partial charge in [-0.2, -0.15) is 0 Å². The van der Waals surface area contributed by atoms with Crippen LogP contribution in [0.1, 0.15) is 66.2 Å². The third-order valence-corrected chi connectivity index (χ3v) is 10.5. The summed E-state index contributed by atoms with van der Waals surface area (Å²) in [5.41, 5.74) is 2.02. The molecular weight excluding hydrogens is 376 g/mol. The largest absolute Gasteiger partial charge is 0.458 e. The molecule has 0 aromatic carbocycles. The van der Waals surface area contributed by atoms with E-state index in [1.165, 1.54) is 17.6 Å². The predicted octanol–water partition coefficient (Wildman–Crippen LogP) is 4.22. The van der Waals surface area contributed by atoms with Gasteiger partial charge in [0.1, 0.15) is 5.60 Å². The number of ketones is 1. The third-order valence-electron chi connectivity index (χ3n) is 10.5. The Hall–Kier alpha value is -1.42. The van der Waals surface area contributed by atoms with Gasteiger partial charge in [-0.1, -0.05) is 44.9 Å². The van der Waals surface area contributed by atoms with Crippen molar-refractivity contribution in [1.82, 2.24) is 0 Å². The minimum absolute atomic E-state index is 0.0258. The van der Waals surface area contributed by atoms with Crippen LogP contribution >= 0.6 is 0 Å². The van der Waals surface area contributed by atoms with Crippen LogP contribution in [0.2, 0.25) is 0 Å². The van der Waals surface area contributed by atoms with Gasteiger partial charge in [0.05, 0.1) is 6.42 Å². The number of esters is 1. The maximum atomic E-state index is 12.5. The van der Waals surface area contributed by atoms with E-state index >= 15 is 0 Å². The maximum Gasteiger partial charge on any atom is 0.307 e. The molecule has 1 aliphatic heterocycles. The van der Waals surface area contributed by atoms with Crippen LogP contribution in [0, 0.1) is 45.8 Å². The van der Waals surface area contributed by atoms with Gasteiger partial charge >= 0.3 is 5.97 Å². The van der Waals surface area contributed by atoms with Crippen molar-refractivity contribution < 1.29 is 19.4 Å². The van der Waals surface area contributed by atoms with Gasteiger partial charge in [0.2, 0.25) is 0 Å². The zero-order valence-corrected chi connectivity index (χ0v) is 18.7. The molecule has 4 nitrogen and oxygen atoms in total. The van der Waals surface area contributed by atoms with Gasteiger partial charge in [0.15, 0.2) is 5.78 Å². The van der Waals surface area contributed by atoms with Gasteiger partial charge in [0.25, 0.3) is 0 Å². The number of hydrogen-bond donors (Lipinski definition) is 1. The second-order valence-electron chi connectivity index (χ2n) is 12.2. The van der Waals surface area contributed by atoms with Crippen LogP contribution in [0.5, 0.6) is 0 Å². The molecule has 4 fully saturated rings. The smallest absolute Gasteiger partial charge is 0.307 e. The lowest BCUT2D eigenvalue weighted by Crippen LogP contribution is -2.59. The van der Waals surface area contributed by atoms with E-state index < -0.39 is 0 Å². The number of fused-ring (bicyclic) bond motifs is 9. The normalized spacial score (nSPS) is 52.6. The van der Waals surface area contributed by atoms with Crippen molar-refractivity contribution in [2.75, 3.05) is 6.61 Å². The summed E-state index contributed by atoms with van der Waals surface area (Å²) in [4.78, 5) is 24.8. The summed E-state index contributed by atoms with van der Waals surface area (Å²) >= 11 is 0. The Morgan fingerprint density at radius 1 is 1.13 bits per heavy atom. The SMILES string of the molecule is CC1(C)CC(=O)O[C@]12[C@H]1CC1C1C3C[C@@H](CO)C4=CC(=O)CC[C@]4(C)C3=CC[C@@]12C. The number of rotatable bonds is 1. The number of aliphatic hydroxyl groups excluding tert-OH is 1. The molecule has 4 heteroatoms. The number of hydrogen-bond acceptors (Lipinski definition) is 4. The van der Waals surface area contributed by atoms with E-state index in [0.717, 1.165) is 19.3 Å². The number of ether oxygens (including phenoxy) is 1. The topological polar surface area (TPSA) is 63.6 Å². The first kappa shape index (κ1) is 19.3. The van der Waals surface area contributed by atoms with Crippen LogP contribution in [0.4, 0.5) is 0 Å². The predicted molar refractivity (Wildman–Crippen MR) is 112 cm³/mol. The zero-order valence-electron chi connectivity index (χ0n) is 18.7. The molecular formula is C26H34O4. The van der Waals surface area contributed by atoms with Crippen molar-refractivity contribution in [1.29, 1.82) is 0 Å². The van der Waals surface area contributed by atoms with Crippen molar-refractivity contribution in [3.63, 3.8) is 0 Å². The fourth-order valence-electron chi connectivity index (χ4n) is 9.55. The van der Waals surface area contributed by atoms with Crippen LogP contribution in [-0.2, 0) is 14.3 Å². The first-order chi connectivity index (χ1) is 14.1. The Labute approximate surface area is 179 Å². The Bertz CT molecular complexity index is 927. The molecule has 5 aliphatic carbocycles. The van der Waals surface area contributed by atoms with Crippen LogP contribution in [0.15, 0.2) is 23.3 Å². The molecule has 8 atom stereocenters. The summed E-state index contributed by atoms with van der Waals surface area (Å²) in [5.74, 6) is 2.26. The molecule has 1 N–H and O–H groups in total. The minimum Gasteiger partial charge on any atom is -0.458 e. The van der Waals surface area contributed by atoms with E-state index in [1.807, 2.05) is 6.08 Å². The number of allylic oxidation sites excluding steroid dienone is 3. The van der Waals surface area contributed by atoms with E-state index in [4.69, 9.17) is 4.74 Å². The maximum absolute atomic E-state index is 12.5. The highest BCUT2D eigenvalue weighted by Crippen LogP contribution is 2.81. The summed E-state index contributed by atoms with van der Waals surface area (Å²) in [6, 6.07) is 0. The second-order valence-corrected chi connectivity index (χ2v) is 12.2. The monoisotopic (exact) mass is 410 g/mol. The summed E-state index contributed by atoms with van der Waals surface area (Å²) in [6.45, 7) is 9.30. The molecule has 0 aromatic rings. The number of carbonyl (C=O) groups excluding carboxylic acids is 2. The summed E-state index contributed by atoms with van der Waals surface area (Å²) < 4.78 is 6.36. The summed E-state index contributed by atoms with van der Waals surface area (Å²) in [6.07, 6.45) is 9.34. The molecule has 6 rings (SSSR count). The quantitative estimate of drug-likeness (QED) is 0.519. The fourth-order valence-corrected chi connectivity index (χ4v) is 9.55. The molecule has 3 unspecified atom stereocenters. The Kier molecular flexibility index (Phi) is 3.53. The molecule has 1 saturated heterocycles. The number of carbonyl (C=O) groups is 2. The Morgan fingerprint density at radius 3 is 2.57 bits per heavy atom. The molecule has 0 aromatic heterocycles. The first-order valence-electron chi connectivity index (χ1n) is 11.9. The van der Waals surface area contributed by atoms with E-state index in [1.54, 1.807) is 0 Å².